The third kappa shape index (κ3) is 1.84. The summed E-state index contributed by atoms with van der Waals surface area (Å²) in [6.45, 7) is 1.66. The number of carbonyl (C=O) groups excluding carboxylic acids is 1. The number of nitro groups is 1. The highest BCUT2D eigenvalue weighted by molar-refractivity contribution is 6.35. The largest absolute Gasteiger partial charge is 0.298 e. The fraction of sp³-hybridized carbons (Fsp3) is 0.125. The Hall–Kier alpha value is -1.42. The van der Waals surface area contributed by atoms with Crippen molar-refractivity contribution in [1.82, 2.24) is 0 Å². The van der Waals surface area contributed by atoms with E-state index in [2.05, 4.69) is 0 Å². The number of hydrogen-bond acceptors (Lipinski definition) is 3. The molecule has 0 aromatic heterocycles. The smallest absolute Gasteiger partial charge is 0.288 e. The van der Waals surface area contributed by atoms with Crippen LogP contribution in [0.1, 0.15) is 15.9 Å². The maximum Gasteiger partial charge on any atom is 0.288 e. The SMILES string of the molecule is Cc1cc(C=O)c(Cl)c([N+](=O)[O-])c1. The molecule has 0 amide bonds. The zero-order valence-electron chi connectivity index (χ0n) is 6.78. The Morgan fingerprint density at radius 3 is 2.62 bits per heavy atom. The number of nitro benzene ring substituents is 1. The molecule has 1 rings (SSSR count). The molecule has 0 aliphatic carbocycles. The normalized spacial score (nSPS) is 9.69. The highest BCUT2D eigenvalue weighted by Crippen LogP contribution is 2.28. The number of aryl methyl sites for hydroxylation is 1. The summed E-state index contributed by atoms with van der Waals surface area (Å²) < 4.78 is 0. The molecule has 68 valence electrons. The summed E-state index contributed by atoms with van der Waals surface area (Å²) in [5, 5.41) is 10.3. The van der Waals surface area contributed by atoms with Gasteiger partial charge in [0.1, 0.15) is 5.02 Å². The van der Waals surface area contributed by atoms with E-state index in [9.17, 15) is 14.9 Å². The second kappa shape index (κ2) is 3.53. The number of benzene rings is 1. The number of rotatable bonds is 2. The minimum atomic E-state index is -0.609. The first-order valence-corrected chi connectivity index (χ1v) is 3.83. The highest BCUT2D eigenvalue weighted by atomic mass is 35.5. The average Bonchev–Trinajstić information content (AvgIpc) is 2.08. The molecule has 1 aromatic carbocycles. The van der Waals surface area contributed by atoms with Gasteiger partial charge in [-0.2, -0.15) is 0 Å². The molecule has 4 nitrogen and oxygen atoms in total. The summed E-state index contributed by atoms with van der Waals surface area (Å²) in [7, 11) is 0. The van der Waals surface area contributed by atoms with Gasteiger partial charge in [-0.3, -0.25) is 14.9 Å². The quantitative estimate of drug-likeness (QED) is 0.417. The molecular weight excluding hydrogens is 194 g/mol. The Kier molecular flexibility index (Phi) is 2.63. The van der Waals surface area contributed by atoms with Gasteiger partial charge in [-0.15, -0.1) is 0 Å². The van der Waals surface area contributed by atoms with Gasteiger partial charge in [0.2, 0.25) is 0 Å². The Balaban J connectivity index is 3.44. The zero-order chi connectivity index (χ0) is 10.0. The molecule has 0 aliphatic rings. The molecule has 0 radical (unpaired) electrons. The van der Waals surface area contributed by atoms with Gasteiger partial charge >= 0.3 is 0 Å². The van der Waals surface area contributed by atoms with Gasteiger partial charge in [0, 0.05) is 11.6 Å². The van der Waals surface area contributed by atoms with E-state index in [-0.39, 0.29) is 16.3 Å². The molecule has 0 atom stereocenters. The summed E-state index contributed by atoms with van der Waals surface area (Å²) in [4.78, 5) is 20.3. The third-order valence-corrected chi connectivity index (χ3v) is 1.96. The molecule has 13 heavy (non-hydrogen) atoms. The van der Waals surface area contributed by atoms with Gasteiger partial charge in [-0.05, 0) is 18.6 Å². The van der Waals surface area contributed by atoms with E-state index in [0.717, 1.165) is 0 Å². The van der Waals surface area contributed by atoms with E-state index in [1.807, 2.05) is 0 Å². The average molecular weight is 200 g/mol. The monoisotopic (exact) mass is 199 g/mol. The van der Waals surface area contributed by atoms with Crippen LogP contribution >= 0.6 is 11.6 Å². The molecule has 0 unspecified atom stereocenters. The van der Waals surface area contributed by atoms with Crippen molar-refractivity contribution in [3.05, 3.63) is 38.4 Å². The van der Waals surface area contributed by atoms with Crippen LogP contribution in [0.4, 0.5) is 5.69 Å². The van der Waals surface area contributed by atoms with Gasteiger partial charge in [-0.1, -0.05) is 11.6 Å². The van der Waals surface area contributed by atoms with E-state index in [0.29, 0.717) is 11.8 Å². The minimum absolute atomic E-state index is 0.106. The molecule has 5 heteroatoms. The van der Waals surface area contributed by atoms with Gasteiger partial charge in [0.25, 0.3) is 5.69 Å². The van der Waals surface area contributed by atoms with Gasteiger partial charge < -0.3 is 0 Å². The second-order valence-corrected chi connectivity index (χ2v) is 2.94. The van der Waals surface area contributed by atoms with Gasteiger partial charge in [0.05, 0.1) is 4.92 Å². The number of halogens is 1. The lowest BCUT2D eigenvalue weighted by Crippen LogP contribution is -1.93. The predicted molar refractivity (Wildman–Crippen MR) is 48.2 cm³/mol. The maximum absolute atomic E-state index is 10.4. The summed E-state index contributed by atoms with van der Waals surface area (Å²) in [6, 6.07) is 2.83. The number of carbonyl (C=O) groups is 1. The van der Waals surface area contributed by atoms with Crippen molar-refractivity contribution >= 4 is 23.6 Å². The van der Waals surface area contributed by atoms with Crippen molar-refractivity contribution in [3.8, 4) is 0 Å². The van der Waals surface area contributed by atoms with E-state index in [1.54, 1.807) is 6.92 Å². The number of hydrogen-bond donors (Lipinski definition) is 0. The molecule has 0 bridgehead atoms. The summed E-state index contributed by atoms with van der Waals surface area (Å²) in [5.41, 5.74) is 0.551. The predicted octanol–water partition coefficient (Wildman–Crippen LogP) is 2.37. The van der Waals surface area contributed by atoms with Crippen LogP contribution in [0.2, 0.25) is 5.02 Å². The molecular formula is C8H6ClNO3. The Morgan fingerprint density at radius 2 is 2.15 bits per heavy atom. The first-order chi connectivity index (χ1) is 6.06. The highest BCUT2D eigenvalue weighted by Gasteiger charge is 2.16. The van der Waals surface area contributed by atoms with E-state index < -0.39 is 4.92 Å². The van der Waals surface area contributed by atoms with E-state index >= 15 is 0 Å². The Morgan fingerprint density at radius 1 is 1.54 bits per heavy atom. The maximum atomic E-state index is 10.4. The van der Waals surface area contributed by atoms with Crippen LogP contribution in [0, 0.1) is 17.0 Å². The lowest BCUT2D eigenvalue weighted by Gasteiger charge is -1.99. The first kappa shape index (κ1) is 9.67. The topological polar surface area (TPSA) is 60.2 Å². The summed E-state index contributed by atoms with van der Waals surface area (Å²) >= 11 is 5.60. The standard InChI is InChI=1S/C8H6ClNO3/c1-5-2-6(4-11)8(9)7(3-5)10(12)13/h2-4H,1H3. The lowest BCUT2D eigenvalue weighted by molar-refractivity contribution is -0.384. The molecule has 0 saturated heterocycles. The summed E-state index contributed by atoms with van der Waals surface area (Å²) in [5.74, 6) is 0. The molecule has 0 spiro atoms. The molecule has 0 saturated carbocycles. The Labute approximate surface area is 79.3 Å². The number of nitrogens with zero attached hydrogens (tertiary/aromatic N) is 1. The van der Waals surface area contributed by atoms with Crippen LogP contribution in [-0.2, 0) is 0 Å². The van der Waals surface area contributed by atoms with Gasteiger partial charge in [-0.25, -0.2) is 0 Å². The van der Waals surface area contributed by atoms with E-state index in [1.165, 1.54) is 12.1 Å². The van der Waals surface area contributed by atoms with Crippen molar-refractivity contribution in [3.63, 3.8) is 0 Å². The lowest BCUT2D eigenvalue weighted by atomic mass is 10.1. The van der Waals surface area contributed by atoms with Crippen LogP contribution in [-0.4, -0.2) is 11.2 Å². The zero-order valence-corrected chi connectivity index (χ0v) is 7.54. The van der Waals surface area contributed by atoms with Crippen LogP contribution in [0.5, 0.6) is 0 Å². The molecule has 0 heterocycles. The van der Waals surface area contributed by atoms with Crippen LogP contribution in [0.3, 0.4) is 0 Å². The first-order valence-electron chi connectivity index (χ1n) is 3.46. The van der Waals surface area contributed by atoms with Crippen LogP contribution in [0.25, 0.3) is 0 Å². The molecule has 0 N–H and O–H groups in total. The molecule has 0 fully saturated rings. The van der Waals surface area contributed by atoms with Crippen molar-refractivity contribution in [2.75, 3.05) is 0 Å². The van der Waals surface area contributed by atoms with Crippen LogP contribution in [0.15, 0.2) is 12.1 Å². The van der Waals surface area contributed by atoms with Crippen LogP contribution < -0.4 is 0 Å². The second-order valence-electron chi connectivity index (χ2n) is 2.56. The van der Waals surface area contributed by atoms with Gasteiger partial charge in [0.15, 0.2) is 6.29 Å². The third-order valence-electron chi connectivity index (χ3n) is 1.55. The van der Waals surface area contributed by atoms with E-state index in [4.69, 9.17) is 11.6 Å². The number of aldehydes is 1. The van der Waals surface area contributed by atoms with Crippen molar-refractivity contribution < 1.29 is 9.72 Å². The molecule has 1 aromatic rings. The fourth-order valence-electron chi connectivity index (χ4n) is 0.996. The summed E-state index contributed by atoms with van der Waals surface area (Å²) in [6.07, 6.45) is 0.502. The minimum Gasteiger partial charge on any atom is -0.298 e. The molecule has 0 aliphatic heterocycles. The van der Waals surface area contributed by atoms with Crippen molar-refractivity contribution in [1.29, 1.82) is 0 Å². The van der Waals surface area contributed by atoms with Crippen molar-refractivity contribution in [2.45, 2.75) is 6.92 Å². The Bertz CT molecular complexity index is 376. The fourth-order valence-corrected chi connectivity index (χ4v) is 1.22. The van der Waals surface area contributed by atoms with Crippen molar-refractivity contribution in [2.24, 2.45) is 0 Å².